The quantitative estimate of drug-likeness (QED) is 0.776. The Labute approximate surface area is 87.8 Å². The third-order valence-corrected chi connectivity index (χ3v) is 13.5. The first kappa shape index (κ1) is 11.5. The van der Waals surface area contributed by atoms with E-state index in [1.807, 2.05) is 6.07 Å². The van der Waals surface area contributed by atoms with E-state index in [1.54, 1.807) is 16.7 Å². The molecule has 0 aromatic carbocycles. The molecule has 0 aliphatic rings. The van der Waals surface area contributed by atoms with E-state index >= 15 is 0 Å². The van der Waals surface area contributed by atoms with Gasteiger partial charge in [0.1, 0.15) is 0 Å². The fourth-order valence-corrected chi connectivity index (χ4v) is 8.53. The monoisotopic (exact) mass is 326 g/mol. The Kier molecular flexibility index (Phi) is 3.14. The standard InChI is InChI=1S/C5H5O2S2.3CH3.Sn/c1-9(6,7)5-2-3-8-4-5;;;;/h2,4H,1H3;3*1H3;. The summed E-state index contributed by atoms with van der Waals surface area (Å²) in [7, 11) is -3.00. The molecular formula is C8H14O2S2Sn. The van der Waals surface area contributed by atoms with Crippen molar-refractivity contribution in [3.8, 4) is 0 Å². The van der Waals surface area contributed by atoms with E-state index in [1.165, 1.54) is 9.15 Å². The Morgan fingerprint density at radius 2 is 1.85 bits per heavy atom. The number of hydrogen-bond acceptors (Lipinski definition) is 3. The van der Waals surface area contributed by atoms with Crippen LogP contribution < -0.4 is 2.89 Å². The zero-order chi connectivity index (χ0) is 10.3. The van der Waals surface area contributed by atoms with Crippen LogP contribution in [0.3, 0.4) is 0 Å². The summed E-state index contributed by atoms with van der Waals surface area (Å²) in [5.74, 6) is 0. The SMILES string of the molecule is CS(=O)(=O)c1cs[c]([Sn]([CH3])([CH3])[CH3])c1. The maximum absolute atomic E-state index is 11.2. The van der Waals surface area contributed by atoms with Crippen molar-refractivity contribution in [1.29, 1.82) is 0 Å². The van der Waals surface area contributed by atoms with Crippen LogP contribution in [0.1, 0.15) is 0 Å². The van der Waals surface area contributed by atoms with Crippen molar-refractivity contribution in [2.24, 2.45) is 0 Å². The Hall–Kier alpha value is 0.449. The van der Waals surface area contributed by atoms with Crippen molar-refractivity contribution in [2.75, 3.05) is 6.26 Å². The molecule has 0 aliphatic heterocycles. The van der Waals surface area contributed by atoms with Gasteiger partial charge in [0.15, 0.2) is 0 Å². The van der Waals surface area contributed by atoms with E-state index in [9.17, 15) is 8.42 Å². The van der Waals surface area contributed by atoms with Crippen LogP contribution in [0.25, 0.3) is 0 Å². The molecule has 1 aromatic rings. The summed E-state index contributed by atoms with van der Waals surface area (Å²) in [6.45, 7) is 0. The molecule has 0 saturated carbocycles. The summed E-state index contributed by atoms with van der Waals surface area (Å²) >= 11 is -0.442. The van der Waals surface area contributed by atoms with E-state index in [-0.39, 0.29) is 0 Å². The van der Waals surface area contributed by atoms with Gasteiger partial charge in [-0.15, -0.1) is 0 Å². The van der Waals surface area contributed by atoms with Crippen molar-refractivity contribution in [3.63, 3.8) is 0 Å². The van der Waals surface area contributed by atoms with Gasteiger partial charge in [-0.25, -0.2) is 0 Å². The summed E-state index contributed by atoms with van der Waals surface area (Å²) in [6.07, 6.45) is 1.26. The predicted molar refractivity (Wildman–Crippen MR) is 60.4 cm³/mol. The average molecular weight is 325 g/mol. The van der Waals surface area contributed by atoms with Gasteiger partial charge in [-0.3, -0.25) is 0 Å². The molecule has 1 heterocycles. The topological polar surface area (TPSA) is 34.1 Å². The molecule has 1 aromatic heterocycles. The van der Waals surface area contributed by atoms with Gasteiger partial charge >= 0.3 is 88.3 Å². The number of thiophene rings is 1. The second kappa shape index (κ2) is 3.55. The van der Waals surface area contributed by atoms with Gasteiger partial charge in [-0.05, 0) is 0 Å². The van der Waals surface area contributed by atoms with Crippen LogP contribution in [0.4, 0.5) is 0 Å². The van der Waals surface area contributed by atoms with Crippen molar-refractivity contribution in [3.05, 3.63) is 11.4 Å². The molecule has 0 amide bonds. The summed E-state index contributed by atoms with van der Waals surface area (Å²) in [6, 6.07) is 1.86. The van der Waals surface area contributed by atoms with Gasteiger partial charge in [0.25, 0.3) is 0 Å². The van der Waals surface area contributed by atoms with Crippen LogP contribution >= 0.6 is 11.3 Å². The molecule has 0 fully saturated rings. The number of hydrogen-bond donors (Lipinski definition) is 0. The van der Waals surface area contributed by atoms with Gasteiger partial charge in [-0.2, -0.15) is 0 Å². The van der Waals surface area contributed by atoms with Gasteiger partial charge in [0, 0.05) is 0 Å². The Balaban J connectivity index is 3.16. The van der Waals surface area contributed by atoms with Crippen LogP contribution in [0, 0.1) is 0 Å². The van der Waals surface area contributed by atoms with Crippen LogP contribution in [-0.2, 0) is 9.84 Å². The Morgan fingerprint density at radius 3 is 2.08 bits per heavy atom. The molecule has 0 N–H and O–H groups in total. The molecule has 2 nitrogen and oxygen atoms in total. The van der Waals surface area contributed by atoms with E-state index in [0.29, 0.717) is 4.90 Å². The molecule has 74 valence electrons. The molecule has 0 saturated heterocycles. The van der Waals surface area contributed by atoms with Crippen molar-refractivity contribution < 1.29 is 8.42 Å². The van der Waals surface area contributed by atoms with E-state index < -0.39 is 28.2 Å². The Morgan fingerprint density at radius 1 is 1.31 bits per heavy atom. The Bertz CT molecular complexity index is 398. The molecule has 0 unspecified atom stereocenters. The normalized spacial score (nSPS) is 13.2. The third kappa shape index (κ3) is 2.95. The third-order valence-electron chi connectivity index (χ3n) is 1.74. The first-order valence-electron chi connectivity index (χ1n) is 4.00. The van der Waals surface area contributed by atoms with Crippen LogP contribution in [0.2, 0.25) is 14.8 Å². The second-order valence-corrected chi connectivity index (χ2v) is 22.5. The second-order valence-electron chi connectivity index (χ2n) is 4.17. The fraction of sp³-hybridized carbons (Fsp3) is 0.500. The number of rotatable bonds is 2. The minimum absolute atomic E-state index is 0.485. The van der Waals surface area contributed by atoms with Gasteiger partial charge in [-0.1, -0.05) is 0 Å². The summed E-state index contributed by atoms with van der Waals surface area (Å²) < 4.78 is 23.7. The van der Waals surface area contributed by atoms with Gasteiger partial charge < -0.3 is 0 Å². The average Bonchev–Trinajstić information content (AvgIpc) is 2.28. The molecule has 0 aliphatic carbocycles. The minimum atomic E-state index is -3.00. The van der Waals surface area contributed by atoms with E-state index in [2.05, 4.69) is 14.8 Å². The zero-order valence-corrected chi connectivity index (χ0v) is 12.8. The number of sulfone groups is 1. The van der Waals surface area contributed by atoms with Gasteiger partial charge in [0.2, 0.25) is 0 Å². The summed E-state index contributed by atoms with van der Waals surface area (Å²) in [5.41, 5.74) is 0. The maximum atomic E-state index is 11.2. The van der Waals surface area contributed by atoms with E-state index in [0.717, 1.165) is 0 Å². The molecular weight excluding hydrogens is 311 g/mol. The fourth-order valence-electron chi connectivity index (χ4n) is 0.907. The molecule has 0 atom stereocenters. The molecule has 0 bridgehead atoms. The molecule has 1 rings (SSSR count). The van der Waals surface area contributed by atoms with Crippen molar-refractivity contribution >= 4 is 42.4 Å². The van der Waals surface area contributed by atoms with Crippen LogP contribution in [0.15, 0.2) is 16.3 Å². The molecule has 0 spiro atoms. The zero-order valence-electron chi connectivity index (χ0n) is 8.29. The molecule has 0 radical (unpaired) electrons. The van der Waals surface area contributed by atoms with Crippen molar-refractivity contribution in [1.82, 2.24) is 0 Å². The first-order chi connectivity index (χ1) is 5.71. The van der Waals surface area contributed by atoms with E-state index in [4.69, 9.17) is 0 Å². The predicted octanol–water partition coefficient (Wildman–Crippen LogP) is 1.70. The van der Waals surface area contributed by atoms with Gasteiger partial charge in [0.05, 0.1) is 0 Å². The van der Waals surface area contributed by atoms with Crippen LogP contribution in [0.5, 0.6) is 0 Å². The molecule has 13 heavy (non-hydrogen) atoms. The van der Waals surface area contributed by atoms with Crippen molar-refractivity contribution in [2.45, 2.75) is 19.7 Å². The summed E-state index contributed by atoms with van der Waals surface area (Å²) in [5, 5.41) is 1.76. The first-order valence-corrected chi connectivity index (χ1v) is 16.8. The molecule has 5 heteroatoms. The summed E-state index contributed by atoms with van der Waals surface area (Å²) in [4.78, 5) is 7.34. The van der Waals surface area contributed by atoms with Crippen LogP contribution in [-0.4, -0.2) is 33.1 Å².